The standard InChI is InChI=1S/C14H20N4O2.ClH/c15-12-6-1-3-9(12)7-13(19)17-10-4-2-5-11(8-10)18-14(16)20;/h2,4-5,8-9,12H,1,3,6-7,15H2,(H,17,19)(H3,16,18,20);1H/t9-,12+;/m0./s1. The van der Waals surface area contributed by atoms with Crippen molar-refractivity contribution >= 4 is 35.7 Å². The molecule has 1 aliphatic carbocycles. The molecule has 6 nitrogen and oxygen atoms in total. The third-order valence-electron chi connectivity index (χ3n) is 3.58. The van der Waals surface area contributed by atoms with Crippen molar-refractivity contribution in [3.05, 3.63) is 24.3 Å². The fraction of sp³-hybridized carbons (Fsp3) is 0.429. The van der Waals surface area contributed by atoms with Crippen LogP contribution in [0.5, 0.6) is 0 Å². The van der Waals surface area contributed by atoms with Gasteiger partial charge in [0.15, 0.2) is 0 Å². The van der Waals surface area contributed by atoms with Crippen LogP contribution in [0.3, 0.4) is 0 Å². The molecule has 2 atom stereocenters. The second-order valence-electron chi connectivity index (χ2n) is 5.18. The van der Waals surface area contributed by atoms with E-state index >= 15 is 0 Å². The maximum Gasteiger partial charge on any atom is 0.316 e. The summed E-state index contributed by atoms with van der Waals surface area (Å²) < 4.78 is 0. The van der Waals surface area contributed by atoms with E-state index < -0.39 is 6.03 Å². The maximum absolute atomic E-state index is 12.0. The molecule has 2 rings (SSSR count). The van der Waals surface area contributed by atoms with Crippen LogP contribution < -0.4 is 22.1 Å². The summed E-state index contributed by atoms with van der Waals surface area (Å²) in [7, 11) is 0. The Morgan fingerprint density at radius 1 is 1.19 bits per heavy atom. The molecule has 0 radical (unpaired) electrons. The second-order valence-corrected chi connectivity index (χ2v) is 5.18. The molecule has 1 saturated carbocycles. The lowest BCUT2D eigenvalue weighted by atomic mass is 10.00. The molecule has 1 aromatic rings. The normalized spacial score (nSPS) is 20.4. The van der Waals surface area contributed by atoms with Gasteiger partial charge in [0.25, 0.3) is 0 Å². The Morgan fingerprint density at radius 3 is 2.43 bits per heavy atom. The number of carbonyl (C=O) groups is 2. The molecule has 1 fully saturated rings. The molecule has 7 heteroatoms. The Hall–Kier alpha value is -1.79. The van der Waals surface area contributed by atoms with Gasteiger partial charge < -0.3 is 22.1 Å². The molecule has 0 saturated heterocycles. The van der Waals surface area contributed by atoms with Crippen LogP contribution in [-0.2, 0) is 4.79 Å². The van der Waals surface area contributed by atoms with Crippen LogP contribution in [0.15, 0.2) is 24.3 Å². The highest BCUT2D eigenvalue weighted by Crippen LogP contribution is 2.27. The van der Waals surface area contributed by atoms with Crippen molar-refractivity contribution in [3.8, 4) is 0 Å². The first kappa shape index (κ1) is 17.3. The average molecular weight is 313 g/mol. The van der Waals surface area contributed by atoms with Crippen LogP contribution in [0.2, 0.25) is 0 Å². The number of hydrogen-bond acceptors (Lipinski definition) is 3. The summed E-state index contributed by atoms with van der Waals surface area (Å²) in [6.45, 7) is 0. The Bertz CT molecular complexity index is 510. The minimum absolute atomic E-state index is 0. The minimum atomic E-state index is -0.634. The van der Waals surface area contributed by atoms with E-state index in [4.69, 9.17) is 11.5 Å². The summed E-state index contributed by atoms with van der Waals surface area (Å²) in [6, 6.07) is 6.36. The van der Waals surface area contributed by atoms with E-state index in [1.54, 1.807) is 24.3 Å². The minimum Gasteiger partial charge on any atom is -0.351 e. The predicted octanol–water partition coefficient (Wildman–Crippen LogP) is 2.05. The molecule has 116 valence electrons. The summed E-state index contributed by atoms with van der Waals surface area (Å²) in [5.74, 6) is 0.213. The van der Waals surface area contributed by atoms with Crippen LogP contribution in [-0.4, -0.2) is 18.0 Å². The topological polar surface area (TPSA) is 110 Å². The third kappa shape index (κ3) is 5.24. The van der Waals surface area contributed by atoms with Crippen LogP contribution in [0.25, 0.3) is 0 Å². The van der Waals surface area contributed by atoms with Crippen molar-refractivity contribution < 1.29 is 9.59 Å². The first-order valence-corrected chi connectivity index (χ1v) is 6.76. The van der Waals surface area contributed by atoms with E-state index in [0.717, 1.165) is 19.3 Å². The average Bonchev–Trinajstić information content (AvgIpc) is 2.74. The number of urea groups is 1. The molecule has 0 unspecified atom stereocenters. The summed E-state index contributed by atoms with van der Waals surface area (Å²) >= 11 is 0. The molecule has 3 amide bonds. The third-order valence-corrected chi connectivity index (χ3v) is 3.58. The van der Waals surface area contributed by atoms with Gasteiger partial charge in [-0.25, -0.2) is 4.79 Å². The van der Waals surface area contributed by atoms with Gasteiger partial charge in [-0.05, 0) is 37.0 Å². The zero-order chi connectivity index (χ0) is 14.5. The summed E-state index contributed by atoms with van der Waals surface area (Å²) in [5, 5.41) is 5.28. The van der Waals surface area contributed by atoms with Crippen molar-refractivity contribution in [2.24, 2.45) is 17.4 Å². The number of anilines is 2. The molecule has 1 aromatic carbocycles. The maximum atomic E-state index is 12.0. The predicted molar refractivity (Wildman–Crippen MR) is 85.5 cm³/mol. The summed E-state index contributed by atoms with van der Waals surface area (Å²) in [6.07, 6.45) is 3.54. The number of primary amides is 1. The van der Waals surface area contributed by atoms with Gasteiger partial charge in [-0.3, -0.25) is 4.79 Å². The van der Waals surface area contributed by atoms with E-state index in [1.807, 2.05) is 0 Å². The summed E-state index contributed by atoms with van der Waals surface area (Å²) in [5.41, 5.74) is 12.2. The molecule has 1 aliphatic rings. The number of halogens is 1. The van der Waals surface area contributed by atoms with Crippen LogP contribution in [0.1, 0.15) is 25.7 Å². The van der Waals surface area contributed by atoms with Gasteiger partial charge in [0.05, 0.1) is 0 Å². The Balaban J connectivity index is 0.00000220. The number of amides is 3. The molecule has 0 aromatic heterocycles. The number of hydrogen-bond donors (Lipinski definition) is 4. The van der Waals surface area contributed by atoms with Gasteiger partial charge in [-0.2, -0.15) is 0 Å². The van der Waals surface area contributed by atoms with E-state index in [1.165, 1.54) is 0 Å². The zero-order valence-electron chi connectivity index (χ0n) is 11.7. The lowest BCUT2D eigenvalue weighted by Crippen LogP contribution is -2.28. The highest BCUT2D eigenvalue weighted by molar-refractivity contribution is 5.93. The summed E-state index contributed by atoms with van der Waals surface area (Å²) in [4.78, 5) is 22.7. The van der Waals surface area contributed by atoms with Crippen LogP contribution in [0, 0.1) is 5.92 Å². The van der Waals surface area contributed by atoms with Gasteiger partial charge in [0.1, 0.15) is 0 Å². The van der Waals surface area contributed by atoms with Crippen molar-refractivity contribution in [1.82, 2.24) is 0 Å². The van der Waals surface area contributed by atoms with E-state index in [2.05, 4.69) is 10.6 Å². The van der Waals surface area contributed by atoms with Gasteiger partial charge in [0.2, 0.25) is 5.91 Å². The van der Waals surface area contributed by atoms with Gasteiger partial charge in [0, 0.05) is 23.8 Å². The fourth-order valence-electron chi connectivity index (χ4n) is 2.59. The van der Waals surface area contributed by atoms with Crippen LogP contribution >= 0.6 is 12.4 Å². The van der Waals surface area contributed by atoms with Crippen molar-refractivity contribution in [1.29, 1.82) is 0 Å². The molecule has 21 heavy (non-hydrogen) atoms. The van der Waals surface area contributed by atoms with Crippen molar-refractivity contribution in [3.63, 3.8) is 0 Å². The Kier molecular flexibility index (Phi) is 6.45. The Morgan fingerprint density at radius 2 is 1.86 bits per heavy atom. The molecule has 0 heterocycles. The number of benzene rings is 1. The first-order valence-electron chi connectivity index (χ1n) is 6.76. The highest BCUT2D eigenvalue weighted by Gasteiger charge is 2.25. The van der Waals surface area contributed by atoms with Crippen molar-refractivity contribution in [2.75, 3.05) is 10.6 Å². The largest absolute Gasteiger partial charge is 0.351 e. The lowest BCUT2D eigenvalue weighted by molar-refractivity contribution is -0.117. The molecule has 0 aliphatic heterocycles. The molecule has 0 bridgehead atoms. The number of rotatable bonds is 4. The number of nitrogens with two attached hydrogens (primary N) is 2. The lowest BCUT2D eigenvalue weighted by Gasteiger charge is -2.15. The van der Waals surface area contributed by atoms with Crippen LogP contribution in [0.4, 0.5) is 16.2 Å². The van der Waals surface area contributed by atoms with E-state index in [9.17, 15) is 9.59 Å². The smallest absolute Gasteiger partial charge is 0.316 e. The first-order chi connectivity index (χ1) is 9.54. The number of nitrogens with one attached hydrogen (secondary N) is 2. The Labute approximate surface area is 130 Å². The molecule has 0 spiro atoms. The van der Waals surface area contributed by atoms with E-state index in [0.29, 0.717) is 17.8 Å². The van der Waals surface area contributed by atoms with E-state index in [-0.39, 0.29) is 30.3 Å². The zero-order valence-corrected chi connectivity index (χ0v) is 12.5. The molecular weight excluding hydrogens is 292 g/mol. The fourth-order valence-corrected chi connectivity index (χ4v) is 2.59. The van der Waals surface area contributed by atoms with Gasteiger partial charge in [-0.1, -0.05) is 12.5 Å². The monoisotopic (exact) mass is 312 g/mol. The van der Waals surface area contributed by atoms with Gasteiger partial charge in [-0.15, -0.1) is 12.4 Å². The second kappa shape index (κ2) is 7.85. The number of carbonyl (C=O) groups excluding carboxylic acids is 2. The quantitative estimate of drug-likeness (QED) is 0.683. The van der Waals surface area contributed by atoms with Gasteiger partial charge >= 0.3 is 6.03 Å². The molecule has 6 N–H and O–H groups in total. The highest BCUT2D eigenvalue weighted by atomic mass is 35.5. The van der Waals surface area contributed by atoms with Crippen molar-refractivity contribution in [2.45, 2.75) is 31.7 Å². The SMILES string of the molecule is Cl.NC(=O)Nc1cccc(NC(=O)C[C@@H]2CCC[C@H]2N)c1. The molecular formula is C14H21ClN4O2.